The number of halogens is 1. The molecule has 18 heavy (non-hydrogen) atoms. The monoisotopic (exact) mass is 276 g/mol. The SMILES string of the molecule is COc1cc(Cl)cc(CO)c1OCCOCCO. The van der Waals surface area contributed by atoms with Crippen LogP contribution in [0.15, 0.2) is 12.1 Å². The minimum Gasteiger partial charge on any atom is -0.493 e. The van der Waals surface area contributed by atoms with Crippen LogP contribution in [0, 0.1) is 0 Å². The van der Waals surface area contributed by atoms with Gasteiger partial charge in [0.15, 0.2) is 11.5 Å². The number of ether oxygens (including phenoxy) is 3. The first kappa shape index (κ1) is 15.0. The van der Waals surface area contributed by atoms with Crippen molar-refractivity contribution in [3.63, 3.8) is 0 Å². The Balaban J connectivity index is 2.67. The molecular formula is C12H17ClO5. The number of rotatable bonds is 8. The molecule has 0 fully saturated rings. The second-order valence-corrected chi connectivity index (χ2v) is 3.88. The Hall–Kier alpha value is -1.01. The fraction of sp³-hybridized carbons (Fsp3) is 0.500. The van der Waals surface area contributed by atoms with Crippen LogP contribution in [0.1, 0.15) is 5.56 Å². The molecule has 0 aliphatic rings. The van der Waals surface area contributed by atoms with Gasteiger partial charge in [0.05, 0.1) is 33.5 Å². The lowest BCUT2D eigenvalue weighted by molar-refractivity contribution is 0.0693. The highest BCUT2D eigenvalue weighted by Crippen LogP contribution is 2.34. The van der Waals surface area contributed by atoms with E-state index >= 15 is 0 Å². The number of hydrogen-bond donors (Lipinski definition) is 2. The second-order valence-electron chi connectivity index (χ2n) is 3.44. The Morgan fingerprint density at radius 1 is 1.17 bits per heavy atom. The van der Waals surface area contributed by atoms with Crippen LogP contribution in [0.2, 0.25) is 5.02 Å². The minimum absolute atomic E-state index is 0.0217. The third kappa shape index (κ3) is 4.34. The highest BCUT2D eigenvalue weighted by Gasteiger charge is 2.12. The molecular weight excluding hydrogens is 260 g/mol. The van der Waals surface area contributed by atoms with Gasteiger partial charge in [0.1, 0.15) is 6.61 Å². The summed E-state index contributed by atoms with van der Waals surface area (Å²) in [5.74, 6) is 0.922. The first-order valence-electron chi connectivity index (χ1n) is 5.51. The molecule has 0 atom stereocenters. The van der Waals surface area contributed by atoms with E-state index in [9.17, 15) is 5.11 Å². The van der Waals surface area contributed by atoms with E-state index in [-0.39, 0.29) is 19.8 Å². The van der Waals surface area contributed by atoms with Crippen LogP contribution in [-0.2, 0) is 11.3 Å². The highest BCUT2D eigenvalue weighted by molar-refractivity contribution is 6.30. The Morgan fingerprint density at radius 3 is 2.56 bits per heavy atom. The molecule has 1 aromatic carbocycles. The summed E-state index contributed by atoms with van der Waals surface area (Å²) < 4.78 is 15.7. The zero-order valence-electron chi connectivity index (χ0n) is 10.2. The van der Waals surface area contributed by atoms with Gasteiger partial charge in [-0.15, -0.1) is 0 Å². The summed E-state index contributed by atoms with van der Waals surface area (Å²) in [7, 11) is 1.50. The van der Waals surface area contributed by atoms with Crippen LogP contribution < -0.4 is 9.47 Å². The number of hydrogen-bond acceptors (Lipinski definition) is 5. The van der Waals surface area contributed by atoms with Gasteiger partial charge in [0.25, 0.3) is 0 Å². The number of benzene rings is 1. The fourth-order valence-corrected chi connectivity index (χ4v) is 1.66. The normalized spacial score (nSPS) is 10.4. The van der Waals surface area contributed by atoms with E-state index in [1.165, 1.54) is 7.11 Å². The molecule has 0 aliphatic carbocycles. The Morgan fingerprint density at radius 2 is 1.94 bits per heavy atom. The first-order valence-corrected chi connectivity index (χ1v) is 5.89. The molecule has 0 aromatic heterocycles. The van der Waals surface area contributed by atoms with E-state index in [2.05, 4.69) is 0 Å². The quantitative estimate of drug-likeness (QED) is 0.699. The molecule has 6 heteroatoms. The number of aliphatic hydroxyl groups excluding tert-OH is 2. The van der Waals surface area contributed by atoms with Crippen molar-refractivity contribution in [1.29, 1.82) is 0 Å². The maximum Gasteiger partial charge on any atom is 0.166 e. The van der Waals surface area contributed by atoms with E-state index in [0.29, 0.717) is 35.3 Å². The topological polar surface area (TPSA) is 68.2 Å². The lowest BCUT2D eigenvalue weighted by atomic mass is 10.2. The van der Waals surface area contributed by atoms with Crippen LogP contribution in [0.25, 0.3) is 0 Å². The molecule has 0 bridgehead atoms. The van der Waals surface area contributed by atoms with E-state index in [1.54, 1.807) is 12.1 Å². The van der Waals surface area contributed by atoms with Gasteiger partial charge in [-0.25, -0.2) is 0 Å². The lowest BCUT2D eigenvalue weighted by Crippen LogP contribution is -2.10. The van der Waals surface area contributed by atoms with Crippen molar-refractivity contribution in [1.82, 2.24) is 0 Å². The van der Waals surface area contributed by atoms with Crippen LogP contribution in [0.4, 0.5) is 0 Å². The summed E-state index contributed by atoms with van der Waals surface area (Å²) in [5, 5.41) is 18.3. The van der Waals surface area contributed by atoms with Crippen molar-refractivity contribution in [3.8, 4) is 11.5 Å². The minimum atomic E-state index is -0.191. The highest BCUT2D eigenvalue weighted by atomic mass is 35.5. The lowest BCUT2D eigenvalue weighted by Gasteiger charge is -2.14. The van der Waals surface area contributed by atoms with Gasteiger partial charge in [-0.3, -0.25) is 0 Å². The van der Waals surface area contributed by atoms with E-state index in [0.717, 1.165) is 0 Å². The van der Waals surface area contributed by atoms with Gasteiger partial charge in [-0.1, -0.05) is 11.6 Å². The predicted molar refractivity (Wildman–Crippen MR) is 67.3 cm³/mol. The molecule has 1 rings (SSSR count). The smallest absolute Gasteiger partial charge is 0.166 e. The molecule has 5 nitrogen and oxygen atoms in total. The Kier molecular flexibility index (Phi) is 6.82. The second kappa shape index (κ2) is 8.16. The standard InChI is InChI=1S/C12H17ClO5/c1-16-11-7-10(13)6-9(8-15)12(11)18-5-4-17-3-2-14/h6-7,14-15H,2-5,8H2,1H3. The van der Waals surface area contributed by atoms with Crippen LogP contribution >= 0.6 is 11.6 Å². The maximum absolute atomic E-state index is 9.25. The number of aliphatic hydroxyl groups is 2. The molecule has 1 aromatic rings. The molecule has 102 valence electrons. The van der Waals surface area contributed by atoms with Gasteiger partial charge >= 0.3 is 0 Å². The van der Waals surface area contributed by atoms with Crippen LogP contribution in [0.5, 0.6) is 11.5 Å². The van der Waals surface area contributed by atoms with E-state index in [4.69, 9.17) is 30.9 Å². The molecule has 0 spiro atoms. The average molecular weight is 277 g/mol. The fourth-order valence-electron chi connectivity index (χ4n) is 1.42. The Bertz CT molecular complexity index is 344. The van der Waals surface area contributed by atoms with Crippen molar-refractivity contribution in [2.24, 2.45) is 0 Å². The third-order valence-electron chi connectivity index (χ3n) is 2.20. The largest absolute Gasteiger partial charge is 0.493 e. The summed E-state index contributed by atoms with van der Waals surface area (Å²) in [6.07, 6.45) is 0. The van der Waals surface area contributed by atoms with Crippen molar-refractivity contribution in [3.05, 3.63) is 22.7 Å². The van der Waals surface area contributed by atoms with Crippen LogP contribution in [-0.4, -0.2) is 43.8 Å². The summed E-state index contributed by atoms with van der Waals surface area (Å²) >= 11 is 5.88. The van der Waals surface area contributed by atoms with E-state index in [1.807, 2.05) is 0 Å². The van der Waals surface area contributed by atoms with Crippen molar-refractivity contribution in [2.75, 3.05) is 33.5 Å². The van der Waals surface area contributed by atoms with Gasteiger partial charge < -0.3 is 24.4 Å². The van der Waals surface area contributed by atoms with Gasteiger partial charge in [0, 0.05) is 16.7 Å². The first-order chi connectivity index (χ1) is 8.72. The van der Waals surface area contributed by atoms with Gasteiger partial charge in [0.2, 0.25) is 0 Å². The average Bonchev–Trinajstić information content (AvgIpc) is 2.39. The maximum atomic E-state index is 9.25. The van der Waals surface area contributed by atoms with Gasteiger partial charge in [-0.2, -0.15) is 0 Å². The van der Waals surface area contributed by atoms with Crippen molar-refractivity contribution in [2.45, 2.75) is 6.61 Å². The Labute approximate surface area is 111 Å². The summed E-state index contributed by atoms with van der Waals surface area (Å²) in [6, 6.07) is 3.23. The van der Waals surface area contributed by atoms with Gasteiger partial charge in [-0.05, 0) is 6.07 Å². The molecule has 2 N–H and O–H groups in total. The molecule has 0 aliphatic heterocycles. The molecule has 0 saturated heterocycles. The molecule has 0 radical (unpaired) electrons. The van der Waals surface area contributed by atoms with Crippen molar-refractivity contribution < 1.29 is 24.4 Å². The zero-order chi connectivity index (χ0) is 13.4. The predicted octanol–water partition coefficient (Wildman–Crippen LogP) is 1.23. The summed E-state index contributed by atoms with van der Waals surface area (Å²) in [4.78, 5) is 0. The van der Waals surface area contributed by atoms with Crippen LogP contribution in [0.3, 0.4) is 0 Å². The summed E-state index contributed by atoms with van der Waals surface area (Å²) in [5.41, 5.74) is 0.557. The number of methoxy groups -OCH3 is 1. The zero-order valence-corrected chi connectivity index (χ0v) is 10.9. The molecule has 0 unspecified atom stereocenters. The molecule has 0 amide bonds. The summed E-state index contributed by atoms with van der Waals surface area (Å²) in [6.45, 7) is 0.700. The third-order valence-corrected chi connectivity index (χ3v) is 2.41. The van der Waals surface area contributed by atoms with Crippen molar-refractivity contribution >= 4 is 11.6 Å². The van der Waals surface area contributed by atoms with E-state index < -0.39 is 0 Å². The molecule has 0 heterocycles. The molecule has 0 saturated carbocycles.